The zero-order valence-corrected chi connectivity index (χ0v) is 17.6. The van der Waals surface area contributed by atoms with E-state index in [1.165, 1.54) is 0 Å². The minimum Gasteiger partial charge on any atom is -0.462 e. The van der Waals surface area contributed by atoms with E-state index in [-0.39, 0.29) is 12.0 Å². The second-order valence-electron chi connectivity index (χ2n) is 7.68. The summed E-state index contributed by atoms with van der Waals surface area (Å²) in [5.74, 6) is 0.178. The quantitative estimate of drug-likeness (QED) is 0.429. The topological polar surface area (TPSA) is 92.3 Å². The molecule has 2 N–H and O–H groups in total. The first kappa shape index (κ1) is 21.0. The van der Waals surface area contributed by atoms with Gasteiger partial charge in [-0.25, -0.2) is 14.8 Å². The lowest BCUT2D eigenvalue weighted by atomic mass is 10.1. The molecule has 1 atom stereocenters. The molecular weight excluding hydrogens is 368 g/mol. The monoisotopic (exact) mass is 398 g/mol. The second-order valence-corrected chi connectivity index (χ2v) is 7.68. The van der Waals surface area contributed by atoms with Crippen LogP contribution >= 0.6 is 0 Å². The maximum atomic E-state index is 12.9. The largest absolute Gasteiger partial charge is 0.462 e. The number of aromatic nitrogens is 3. The molecule has 0 aliphatic heterocycles. The molecular formula is C22H30N4O3. The van der Waals surface area contributed by atoms with Gasteiger partial charge in [0.1, 0.15) is 16.9 Å². The van der Waals surface area contributed by atoms with Crippen LogP contribution in [-0.2, 0) is 16.0 Å². The number of rotatable bonds is 9. The first-order valence-corrected chi connectivity index (χ1v) is 10.3. The molecule has 0 amide bonds. The number of ether oxygens (including phenoxy) is 2. The summed E-state index contributed by atoms with van der Waals surface area (Å²) < 4.78 is 13.0. The number of nitrogens with zero attached hydrogens (tertiary/aromatic N) is 3. The average Bonchev–Trinajstić information content (AvgIpc) is 2.97. The number of carbonyl (C=O) groups excluding carboxylic acids is 1. The Kier molecular flexibility index (Phi) is 6.69. The fourth-order valence-corrected chi connectivity index (χ4v) is 3.09. The van der Waals surface area contributed by atoms with Gasteiger partial charge in [0.25, 0.3) is 0 Å². The van der Waals surface area contributed by atoms with Crippen molar-refractivity contribution in [2.45, 2.75) is 53.2 Å². The number of para-hydroxylation sites is 2. The molecule has 3 aromatic rings. The highest BCUT2D eigenvalue weighted by Crippen LogP contribution is 2.29. The van der Waals surface area contributed by atoms with Crippen LogP contribution in [0.5, 0.6) is 0 Å². The highest BCUT2D eigenvalue weighted by atomic mass is 16.5. The average molecular weight is 399 g/mol. The van der Waals surface area contributed by atoms with Crippen molar-refractivity contribution in [1.29, 1.82) is 0 Å². The van der Waals surface area contributed by atoms with E-state index in [1.54, 1.807) is 0 Å². The number of anilines is 1. The molecule has 7 heteroatoms. The Labute approximate surface area is 171 Å². The van der Waals surface area contributed by atoms with Crippen molar-refractivity contribution in [3.63, 3.8) is 0 Å². The molecule has 7 nitrogen and oxygen atoms in total. The van der Waals surface area contributed by atoms with Crippen LogP contribution in [0.15, 0.2) is 24.3 Å². The zero-order valence-electron chi connectivity index (χ0n) is 17.6. The van der Waals surface area contributed by atoms with Crippen LogP contribution in [0.1, 0.15) is 50.9 Å². The van der Waals surface area contributed by atoms with Crippen LogP contribution in [0.3, 0.4) is 0 Å². The molecule has 0 radical (unpaired) electrons. The molecule has 156 valence electrons. The van der Waals surface area contributed by atoms with Gasteiger partial charge in [-0.1, -0.05) is 32.4 Å². The van der Waals surface area contributed by atoms with Crippen molar-refractivity contribution in [2.24, 2.45) is 5.92 Å². The molecule has 0 spiro atoms. The number of aryl methyl sites for hydroxylation is 1. The summed E-state index contributed by atoms with van der Waals surface area (Å²) in [4.78, 5) is 22.3. The minimum absolute atomic E-state index is 0.170. The van der Waals surface area contributed by atoms with E-state index in [1.807, 2.05) is 49.6 Å². The number of fused-ring (bicyclic) bond motifs is 2. The molecule has 0 fully saturated rings. The predicted octanol–water partition coefficient (Wildman–Crippen LogP) is 4.18. The predicted molar refractivity (Wildman–Crippen MR) is 115 cm³/mol. The second kappa shape index (κ2) is 9.22. The van der Waals surface area contributed by atoms with E-state index in [4.69, 9.17) is 20.2 Å². The van der Waals surface area contributed by atoms with Gasteiger partial charge < -0.3 is 19.8 Å². The number of carbonyl (C=O) groups is 1. The van der Waals surface area contributed by atoms with E-state index in [0.29, 0.717) is 42.3 Å². The van der Waals surface area contributed by atoms with Gasteiger partial charge in [0, 0.05) is 13.2 Å². The highest BCUT2D eigenvalue weighted by molar-refractivity contribution is 6.08. The van der Waals surface area contributed by atoms with Gasteiger partial charge in [-0.15, -0.1) is 0 Å². The van der Waals surface area contributed by atoms with Crippen molar-refractivity contribution in [1.82, 2.24) is 14.5 Å². The Morgan fingerprint density at radius 2 is 1.86 bits per heavy atom. The summed E-state index contributed by atoms with van der Waals surface area (Å²) in [5, 5.41) is 0. The van der Waals surface area contributed by atoms with Crippen LogP contribution in [0.2, 0.25) is 0 Å². The van der Waals surface area contributed by atoms with E-state index >= 15 is 0 Å². The molecule has 29 heavy (non-hydrogen) atoms. The van der Waals surface area contributed by atoms with Crippen LogP contribution < -0.4 is 5.73 Å². The SMILES string of the molecule is CC[C@@H](C)COC(=O)c1c(N)n(CCCOC(C)C)c2nc3ccccc3nc12. The molecule has 0 saturated carbocycles. The molecule has 0 bridgehead atoms. The van der Waals surface area contributed by atoms with Crippen LogP contribution in [0, 0.1) is 5.92 Å². The van der Waals surface area contributed by atoms with Gasteiger partial charge in [-0.3, -0.25) is 0 Å². The molecule has 1 aromatic carbocycles. The molecule has 0 saturated heterocycles. The third kappa shape index (κ3) is 4.67. The number of hydrogen-bond donors (Lipinski definition) is 1. The van der Waals surface area contributed by atoms with Crippen LogP contribution in [-0.4, -0.2) is 39.8 Å². The molecule has 3 rings (SSSR count). The van der Waals surface area contributed by atoms with Crippen molar-refractivity contribution in [2.75, 3.05) is 18.9 Å². The molecule has 0 aliphatic rings. The van der Waals surface area contributed by atoms with Crippen molar-refractivity contribution in [3.8, 4) is 0 Å². The summed E-state index contributed by atoms with van der Waals surface area (Å²) in [6.45, 7) is 9.65. The Morgan fingerprint density at radius 3 is 2.52 bits per heavy atom. The Hall–Kier alpha value is -2.67. The lowest BCUT2D eigenvalue weighted by Gasteiger charge is -2.11. The maximum absolute atomic E-state index is 12.9. The van der Waals surface area contributed by atoms with Gasteiger partial charge in [-0.2, -0.15) is 0 Å². The standard InChI is InChI=1S/C22H30N4O3/c1-5-15(4)13-29-22(27)18-19-21(25-17-10-7-6-9-16(17)24-19)26(20(18)23)11-8-12-28-14(2)3/h6-7,9-10,14-15H,5,8,11-13,23H2,1-4H3/t15-/m1/s1. The van der Waals surface area contributed by atoms with Crippen LogP contribution in [0.25, 0.3) is 22.2 Å². The smallest absolute Gasteiger partial charge is 0.344 e. The van der Waals surface area contributed by atoms with Crippen molar-refractivity contribution < 1.29 is 14.3 Å². The Bertz CT molecular complexity index is 997. The minimum atomic E-state index is -0.449. The summed E-state index contributed by atoms with van der Waals surface area (Å²) in [5.41, 5.74) is 9.26. The highest BCUT2D eigenvalue weighted by Gasteiger charge is 2.25. The fraction of sp³-hybridized carbons (Fsp3) is 0.500. The lowest BCUT2D eigenvalue weighted by molar-refractivity contribution is 0.0450. The summed E-state index contributed by atoms with van der Waals surface area (Å²) in [6.07, 6.45) is 1.86. The van der Waals surface area contributed by atoms with Crippen LogP contribution in [0.4, 0.5) is 5.82 Å². The van der Waals surface area contributed by atoms with Gasteiger partial charge in [0.2, 0.25) is 0 Å². The summed E-state index contributed by atoms with van der Waals surface area (Å²) in [7, 11) is 0. The van der Waals surface area contributed by atoms with Gasteiger partial charge in [0.05, 0.1) is 23.7 Å². The molecule has 0 aliphatic carbocycles. The first-order valence-electron chi connectivity index (χ1n) is 10.3. The van der Waals surface area contributed by atoms with E-state index in [2.05, 4.69) is 11.9 Å². The van der Waals surface area contributed by atoms with E-state index in [0.717, 1.165) is 23.9 Å². The van der Waals surface area contributed by atoms with E-state index in [9.17, 15) is 4.79 Å². The fourth-order valence-electron chi connectivity index (χ4n) is 3.09. The van der Waals surface area contributed by atoms with Gasteiger partial charge in [0.15, 0.2) is 5.65 Å². The summed E-state index contributed by atoms with van der Waals surface area (Å²) in [6, 6.07) is 7.59. The number of benzene rings is 1. The normalized spacial score (nSPS) is 12.7. The number of nitrogens with two attached hydrogens (primary N) is 1. The van der Waals surface area contributed by atoms with Gasteiger partial charge >= 0.3 is 5.97 Å². The molecule has 2 heterocycles. The molecule has 0 unspecified atom stereocenters. The maximum Gasteiger partial charge on any atom is 0.344 e. The third-order valence-electron chi connectivity index (χ3n) is 4.97. The Balaban J connectivity index is 2.00. The number of esters is 1. The van der Waals surface area contributed by atoms with E-state index < -0.39 is 5.97 Å². The Morgan fingerprint density at radius 1 is 1.17 bits per heavy atom. The number of nitrogen functional groups attached to an aromatic ring is 1. The summed E-state index contributed by atoms with van der Waals surface area (Å²) >= 11 is 0. The van der Waals surface area contributed by atoms with Gasteiger partial charge in [-0.05, 0) is 38.3 Å². The third-order valence-corrected chi connectivity index (χ3v) is 4.97. The molecule has 2 aromatic heterocycles. The number of hydrogen-bond acceptors (Lipinski definition) is 6. The zero-order chi connectivity index (χ0) is 21.0. The lowest BCUT2D eigenvalue weighted by Crippen LogP contribution is -2.14. The van der Waals surface area contributed by atoms with Crippen molar-refractivity contribution >= 4 is 34.0 Å². The first-order chi connectivity index (χ1) is 13.9. The van der Waals surface area contributed by atoms with Crippen molar-refractivity contribution in [3.05, 3.63) is 29.8 Å².